The van der Waals surface area contributed by atoms with Crippen molar-refractivity contribution >= 4 is 45.1 Å². The average Bonchev–Trinajstić information content (AvgIpc) is 2.90. The van der Waals surface area contributed by atoms with Crippen molar-refractivity contribution in [2.45, 2.75) is 13.8 Å². The molecule has 4 N–H and O–H groups in total. The smallest absolute Gasteiger partial charge is 0.360 e. The first-order valence-corrected chi connectivity index (χ1v) is 11.2. The Bertz CT molecular complexity index is 1770. The van der Waals surface area contributed by atoms with E-state index < -0.39 is 23.1 Å². The van der Waals surface area contributed by atoms with Crippen LogP contribution in [0.15, 0.2) is 73.2 Å². The van der Waals surface area contributed by atoms with Gasteiger partial charge in [-0.2, -0.15) is 0 Å². The normalized spacial score (nSPS) is 11.0. The van der Waals surface area contributed by atoms with E-state index in [1.165, 1.54) is 48.7 Å². The topological polar surface area (TPSA) is 172 Å². The van der Waals surface area contributed by atoms with E-state index in [0.717, 1.165) is 0 Å². The highest BCUT2D eigenvalue weighted by Crippen LogP contribution is 2.28. The van der Waals surface area contributed by atoms with Crippen LogP contribution in [-0.4, -0.2) is 27.0 Å². The molecule has 0 unspecified atom stereocenters. The number of pyridine rings is 1. The molecule has 0 fully saturated rings. The highest BCUT2D eigenvalue weighted by molar-refractivity contribution is 6.08. The Morgan fingerprint density at radius 3 is 1.76 bits per heavy atom. The van der Waals surface area contributed by atoms with E-state index >= 15 is 0 Å². The number of phenols is 2. The molecule has 3 heterocycles. The summed E-state index contributed by atoms with van der Waals surface area (Å²) >= 11 is 0. The van der Waals surface area contributed by atoms with Gasteiger partial charge >= 0.3 is 11.3 Å². The maximum atomic E-state index is 12.8. The summed E-state index contributed by atoms with van der Waals surface area (Å²) in [5.74, 6) is -1.55. The third-order valence-electron chi connectivity index (χ3n) is 6.00. The van der Waals surface area contributed by atoms with E-state index in [1.807, 2.05) is 0 Å². The summed E-state index contributed by atoms with van der Waals surface area (Å²) in [6, 6.07) is 11.3. The second-order valence-corrected chi connectivity index (χ2v) is 8.49. The van der Waals surface area contributed by atoms with Gasteiger partial charge in [0.25, 0.3) is 11.8 Å². The Morgan fingerprint density at radius 1 is 0.737 bits per heavy atom. The number of anilines is 2. The van der Waals surface area contributed by atoms with Crippen molar-refractivity contribution in [3.05, 3.63) is 98.0 Å². The SMILES string of the molecule is Cc1c(O)ccc2cc(NC(=O)c3ccnc(C(=O)Nc4cc5ccc(O)c(C)c5oc4=O)c3)c(=O)oc12. The van der Waals surface area contributed by atoms with E-state index in [2.05, 4.69) is 15.6 Å². The number of benzene rings is 2. The molecule has 0 saturated carbocycles. The monoisotopic (exact) mass is 513 g/mol. The molecule has 5 rings (SSSR count). The fraction of sp³-hybridized carbons (Fsp3) is 0.0741. The summed E-state index contributed by atoms with van der Waals surface area (Å²) in [5.41, 5.74) is -0.944. The highest BCUT2D eigenvalue weighted by atomic mass is 16.4. The molecule has 11 nitrogen and oxygen atoms in total. The molecule has 5 aromatic rings. The number of nitrogens with zero attached hydrogens (tertiary/aromatic N) is 1. The number of nitrogens with one attached hydrogen (secondary N) is 2. The van der Waals surface area contributed by atoms with Gasteiger partial charge in [0.1, 0.15) is 39.7 Å². The fourth-order valence-corrected chi connectivity index (χ4v) is 3.88. The standard InChI is InChI=1S/C27H19N3O8/c1-12-20(31)5-3-14-9-18(26(35)37-22(12)14)29-24(33)16-7-8-28-17(11-16)25(34)30-19-10-15-4-6-21(32)13(2)23(15)38-27(19)36/h3-11,31-32H,1-2H3,(H,29,33)(H,30,34). The Hall–Kier alpha value is -5.45. The van der Waals surface area contributed by atoms with E-state index in [-0.39, 0.29) is 45.3 Å². The quantitative estimate of drug-likeness (QED) is 0.261. The molecule has 0 aliphatic carbocycles. The van der Waals surface area contributed by atoms with Crippen LogP contribution in [0.3, 0.4) is 0 Å². The van der Waals surface area contributed by atoms with Crippen molar-refractivity contribution in [3.8, 4) is 11.5 Å². The van der Waals surface area contributed by atoms with Gasteiger partial charge < -0.3 is 29.7 Å². The van der Waals surface area contributed by atoms with Crippen LogP contribution in [0.4, 0.5) is 11.4 Å². The third-order valence-corrected chi connectivity index (χ3v) is 6.00. The predicted octanol–water partition coefficient (Wildman–Crippen LogP) is 3.83. The maximum Gasteiger partial charge on any atom is 0.360 e. The highest BCUT2D eigenvalue weighted by Gasteiger charge is 2.17. The Kier molecular flexibility index (Phi) is 5.88. The molecule has 2 aromatic carbocycles. The van der Waals surface area contributed by atoms with Gasteiger partial charge in [-0.15, -0.1) is 0 Å². The Morgan fingerprint density at radius 2 is 1.24 bits per heavy atom. The fourth-order valence-electron chi connectivity index (χ4n) is 3.88. The van der Waals surface area contributed by atoms with E-state index in [4.69, 9.17) is 8.83 Å². The first kappa shape index (κ1) is 24.3. The van der Waals surface area contributed by atoms with Gasteiger partial charge in [-0.3, -0.25) is 14.6 Å². The van der Waals surface area contributed by atoms with Gasteiger partial charge in [-0.1, -0.05) is 0 Å². The van der Waals surface area contributed by atoms with Crippen LogP contribution in [0.25, 0.3) is 21.9 Å². The zero-order chi connectivity index (χ0) is 27.1. The van der Waals surface area contributed by atoms with Crippen LogP contribution < -0.4 is 21.9 Å². The summed E-state index contributed by atoms with van der Waals surface area (Å²) in [4.78, 5) is 54.4. The summed E-state index contributed by atoms with van der Waals surface area (Å²) in [5, 5.41) is 25.5. The molecule has 0 saturated heterocycles. The number of amides is 2. The molecule has 0 spiro atoms. The lowest BCUT2D eigenvalue weighted by atomic mass is 10.1. The van der Waals surface area contributed by atoms with Crippen molar-refractivity contribution in [3.63, 3.8) is 0 Å². The van der Waals surface area contributed by atoms with E-state index in [1.54, 1.807) is 19.9 Å². The lowest BCUT2D eigenvalue weighted by Gasteiger charge is -2.09. The van der Waals surface area contributed by atoms with Gasteiger partial charge in [0.05, 0.1) is 0 Å². The van der Waals surface area contributed by atoms with Crippen molar-refractivity contribution in [2.75, 3.05) is 10.6 Å². The number of carbonyl (C=O) groups is 2. The number of aryl methyl sites for hydroxylation is 2. The van der Waals surface area contributed by atoms with Crippen LogP contribution in [0.2, 0.25) is 0 Å². The minimum Gasteiger partial charge on any atom is -0.508 e. The first-order chi connectivity index (χ1) is 18.1. The summed E-state index contributed by atoms with van der Waals surface area (Å²) in [6.07, 6.45) is 1.23. The molecule has 0 atom stereocenters. The summed E-state index contributed by atoms with van der Waals surface area (Å²) in [6.45, 7) is 3.18. The number of fused-ring (bicyclic) bond motifs is 2. The molecule has 190 valence electrons. The first-order valence-electron chi connectivity index (χ1n) is 11.2. The van der Waals surface area contributed by atoms with Crippen LogP contribution >= 0.6 is 0 Å². The molecule has 0 aliphatic rings. The molecular formula is C27H19N3O8. The summed E-state index contributed by atoms with van der Waals surface area (Å²) < 4.78 is 10.5. The number of rotatable bonds is 4. The average molecular weight is 513 g/mol. The van der Waals surface area contributed by atoms with E-state index in [9.17, 15) is 29.4 Å². The van der Waals surface area contributed by atoms with Crippen LogP contribution in [0, 0.1) is 13.8 Å². The number of aromatic hydroxyl groups is 2. The molecule has 3 aromatic heterocycles. The van der Waals surface area contributed by atoms with Gasteiger partial charge in [0.2, 0.25) is 0 Å². The van der Waals surface area contributed by atoms with Gasteiger partial charge in [0.15, 0.2) is 0 Å². The largest absolute Gasteiger partial charge is 0.508 e. The number of hydrogen-bond acceptors (Lipinski definition) is 9. The molecule has 0 bridgehead atoms. The number of aromatic nitrogens is 1. The molecule has 0 radical (unpaired) electrons. The van der Waals surface area contributed by atoms with Crippen molar-refractivity contribution in [2.24, 2.45) is 0 Å². The van der Waals surface area contributed by atoms with Gasteiger partial charge in [0, 0.05) is 33.7 Å². The van der Waals surface area contributed by atoms with Gasteiger partial charge in [-0.05, 0) is 62.4 Å². The molecule has 2 amide bonds. The minimum absolute atomic E-state index is 0.0168. The zero-order valence-corrected chi connectivity index (χ0v) is 20.0. The second-order valence-electron chi connectivity index (χ2n) is 8.49. The van der Waals surface area contributed by atoms with E-state index in [0.29, 0.717) is 21.9 Å². The van der Waals surface area contributed by atoms with Crippen LogP contribution in [0.5, 0.6) is 11.5 Å². The van der Waals surface area contributed by atoms with Crippen molar-refractivity contribution in [1.82, 2.24) is 4.98 Å². The number of phenolic OH excluding ortho intramolecular Hbond substituents is 2. The lowest BCUT2D eigenvalue weighted by Crippen LogP contribution is -2.21. The molecule has 0 aliphatic heterocycles. The third kappa shape index (κ3) is 4.32. The predicted molar refractivity (Wildman–Crippen MR) is 138 cm³/mol. The molecule has 11 heteroatoms. The molecular weight excluding hydrogens is 494 g/mol. The van der Waals surface area contributed by atoms with Crippen molar-refractivity contribution < 1.29 is 28.6 Å². The number of hydrogen-bond donors (Lipinski definition) is 4. The maximum absolute atomic E-state index is 12.8. The summed E-state index contributed by atoms with van der Waals surface area (Å²) in [7, 11) is 0. The Balaban J connectivity index is 1.39. The second kappa shape index (κ2) is 9.21. The lowest BCUT2D eigenvalue weighted by molar-refractivity contribution is 0.102. The number of carbonyl (C=O) groups excluding carboxylic acids is 2. The zero-order valence-electron chi connectivity index (χ0n) is 20.0. The minimum atomic E-state index is -0.833. The van der Waals surface area contributed by atoms with Crippen molar-refractivity contribution in [1.29, 1.82) is 0 Å². The van der Waals surface area contributed by atoms with Crippen LogP contribution in [0.1, 0.15) is 32.0 Å². The van der Waals surface area contributed by atoms with Gasteiger partial charge in [-0.25, -0.2) is 9.59 Å². The molecule has 38 heavy (non-hydrogen) atoms. The Labute approximate surface area is 213 Å². The van der Waals surface area contributed by atoms with Crippen LogP contribution in [-0.2, 0) is 0 Å².